The molecule has 3 atom stereocenters. The SMILES string of the molecule is C=CCCCC(C)(C)C1CCC(C)CC1N. The molecule has 0 heterocycles. The summed E-state index contributed by atoms with van der Waals surface area (Å²) >= 11 is 0. The molecule has 1 saturated carbocycles. The third-order valence-electron chi connectivity index (χ3n) is 4.39. The van der Waals surface area contributed by atoms with Crippen LogP contribution in [0.3, 0.4) is 0 Å². The van der Waals surface area contributed by atoms with Crippen molar-refractivity contribution in [3.05, 3.63) is 12.7 Å². The van der Waals surface area contributed by atoms with Gasteiger partial charge in [0.05, 0.1) is 0 Å². The lowest BCUT2D eigenvalue weighted by Gasteiger charge is -2.43. The minimum atomic E-state index is 0.405. The molecule has 1 aliphatic rings. The highest BCUT2D eigenvalue weighted by Crippen LogP contribution is 2.42. The van der Waals surface area contributed by atoms with Gasteiger partial charge in [-0.15, -0.1) is 6.58 Å². The predicted octanol–water partition coefficient (Wildman–Crippen LogP) is 4.13. The second-order valence-corrected chi connectivity index (χ2v) is 6.36. The monoisotopic (exact) mass is 223 g/mol. The molecule has 16 heavy (non-hydrogen) atoms. The molecule has 1 heteroatoms. The van der Waals surface area contributed by atoms with Gasteiger partial charge in [-0.3, -0.25) is 0 Å². The second-order valence-electron chi connectivity index (χ2n) is 6.36. The van der Waals surface area contributed by atoms with E-state index in [9.17, 15) is 0 Å². The molecule has 0 spiro atoms. The van der Waals surface area contributed by atoms with Gasteiger partial charge in [0, 0.05) is 6.04 Å². The van der Waals surface area contributed by atoms with E-state index in [1.54, 1.807) is 0 Å². The summed E-state index contributed by atoms with van der Waals surface area (Å²) in [6.45, 7) is 10.9. The molecule has 0 aromatic rings. The van der Waals surface area contributed by atoms with Crippen LogP contribution >= 0.6 is 0 Å². The predicted molar refractivity (Wildman–Crippen MR) is 72.3 cm³/mol. The standard InChI is InChI=1S/C15H29N/c1-5-6-7-10-15(3,4)13-9-8-12(2)11-14(13)16/h5,12-14H,1,6-11,16H2,2-4H3. The average Bonchev–Trinajstić information content (AvgIpc) is 2.17. The summed E-state index contributed by atoms with van der Waals surface area (Å²) in [5.41, 5.74) is 6.74. The van der Waals surface area contributed by atoms with E-state index in [4.69, 9.17) is 5.73 Å². The van der Waals surface area contributed by atoms with Crippen molar-refractivity contribution in [3.8, 4) is 0 Å². The van der Waals surface area contributed by atoms with Gasteiger partial charge < -0.3 is 5.73 Å². The molecule has 3 unspecified atom stereocenters. The van der Waals surface area contributed by atoms with E-state index in [1.165, 1.54) is 32.1 Å². The zero-order valence-electron chi connectivity index (χ0n) is 11.3. The molecule has 0 radical (unpaired) electrons. The molecule has 1 nitrogen and oxygen atoms in total. The van der Waals surface area contributed by atoms with Gasteiger partial charge in [-0.05, 0) is 49.4 Å². The van der Waals surface area contributed by atoms with Crippen LogP contribution < -0.4 is 5.73 Å². The molecule has 1 rings (SSSR count). The van der Waals surface area contributed by atoms with E-state index in [0.29, 0.717) is 17.4 Å². The third kappa shape index (κ3) is 3.62. The van der Waals surface area contributed by atoms with Crippen LogP contribution in [-0.4, -0.2) is 6.04 Å². The average molecular weight is 223 g/mol. The van der Waals surface area contributed by atoms with Crippen molar-refractivity contribution in [1.29, 1.82) is 0 Å². The lowest BCUT2D eigenvalue weighted by atomic mass is 9.65. The Labute approximate surface area is 101 Å². The zero-order chi connectivity index (χ0) is 12.2. The zero-order valence-corrected chi connectivity index (χ0v) is 11.3. The highest BCUT2D eigenvalue weighted by atomic mass is 14.7. The summed E-state index contributed by atoms with van der Waals surface area (Å²) in [7, 11) is 0. The summed E-state index contributed by atoms with van der Waals surface area (Å²) in [4.78, 5) is 0. The molecule has 1 aliphatic carbocycles. The van der Waals surface area contributed by atoms with E-state index < -0.39 is 0 Å². The molecule has 0 bridgehead atoms. The third-order valence-corrected chi connectivity index (χ3v) is 4.39. The lowest BCUT2D eigenvalue weighted by Crippen LogP contribution is -2.43. The Morgan fingerprint density at radius 2 is 2.06 bits per heavy atom. The minimum absolute atomic E-state index is 0.405. The fraction of sp³-hybridized carbons (Fsp3) is 0.867. The highest BCUT2D eigenvalue weighted by molar-refractivity contribution is 4.90. The number of unbranched alkanes of at least 4 members (excludes halogenated alkanes) is 1. The highest BCUT2D eigenvalue weighted by Gasteiger charge is 2.36. The van der Waals surface area contributed by atoms with Crippen molar-refractivity contribution < 1.29 is 0 Å². The van der Waals surface area contributed by atoms with Crippen molar-refractivity contribution in [3.63, 3.8) is 0 Å². The summed E-state index contributed by atoms with van der Waals surface area (Å²) in [6.07, 6.45) is 9.62. The smallest absolute Gasteiger partial charge is 0.00747 e. The number of hydrogen-bond donors (Lipinski definition) is 1. The lowest BCUT2D eigenvalue weighted by molar-refractivity contribution is 0.103. The summed E-state index contributed by atoms with van der Waals surface area (Å²) < 4.78 is 0. The Morgan fingerprint density at radius 1 is 1.38 bits per heavy atom. The molecule has 0 aromatic heterocycles. The number of allylic oxidation sites excluding steroid dienone is 1. The summed E-state index contributed by atoms with van der Waals surface area (Å²) in [5.74, 6) is 1.55. The topological polar surface area (TPSA) is 26.0 Å². The molecule has 0 aliphatic heterocycles. The summed E-state index contributed by atoms with van der Waals surface area (Å²) in [5, 5.41) is 0. The van der Waals surface area contributed by atoms with Crippen LogP contribution in [0.15, 0.2) is 12.7 Å². The molecule has 0 aromatic carbocycles. The second kappa shape index (κ2) is 5.86. The van der Waals surface area contributed by atoms with Crippen LogP contribution in [-0.2, 0) is 0 Å². The molecular weight excluding hydrogens is 194 g/mol. The minimum Gasteiger partial charge on any atom is -0.327 e. The Bertz CT molecular complexity index is 219. The fourth-order valence-corrected chi connectivity index (χ4v) is 3.28. The van der Waals surface area contributed by atoms with Gasteiger partial charge in [0.2, 0.25) is 0 Å². The largest absolute Gasteiger partial charge is 0.327 e. The number of hydrogen-bond acceptors (Lipinski definition) is 1. The Kier molecular flexibility index (Phi) is 5.04. The van der Waals surface area contributed by atoms with Crippen molar-refractivity contribution in [2.45, 2.75) is 65.3 Å². The van der Waals surface area contributed by atoms with Crippen molar-refractivity contribution in [2.24, 2.45) is 23.0 Å². The van der Waals surface area contributed by atoms with Crippen molar-refractivity contribution >= 4 is 0 Å². The Hall–Kier alpha value is -0.300. The molecular formula is C15H29N. The fourth-order valence-electron chi connectivity index (χ4n) is 3.28. The maximum absolute atomic E-state index is 6.34. The first-order valence-electron chi connectivity index (χ1n) is 6.84. The molecule has 94 valence electrons. The van der Waals surface area contributed by atoms with Crippen molar-refractivity contribution in [1.82, 2.24) is 0 Å². The quantitative estimate of drug-likeness (QED) is 0.550. The Balaban J connectivity index is 2.49. The first-order valence-corrected chi connectivity index (χ1v) is 6.84. The molecule has 1 fully saturated rings. The van der Waals surface area contributed by atoms with Gasteiger partial charge in [0.1, 0.15) is 0 Å². The van der Waals surface area contributed by atoms with Crippen LogP contribution in [0.25, 0.3) is 0 Å². The van der Waals surface area contributed by atoms with E-state index in [-0.39, 0.29) is 0 Å². The van der Waals surface area contributed by atoms with Gasteiger partial charge in [0.15, 0.2) is 0 Å². The van der Waals surface area contributed by atoms with Gasteiger partial charge in [-0.2, -0.15) is 0 Å². The van der Waals surface area contributed by atoms with Crippen LogP contribution in [0.5, 0.6) is 0 Å². The van der Waals surface area contributed by atoms with Gasteiger partial charge in [-0.25, -0.2) is 0 Å². The van der Waals surface area contributed by atoms with Crippen LogP contribution in [0.4, 0.5) is 0 Å². The molecule has 0 saturated heterocycles. The number of nitrogens with two attached hydrogens (primary N) is 1. The molecule has 0 amide bonds. The summed E-state index contributed by atoms with van der Waals surface area (Å²) in [6, 6.07) is 0.419. The van der Waals surface area contributed by atoms with Crippen LogP contribution in [0.1, 0.15) is 59.3 Å². The van der Waals surface area contributed by atoms with E-state index in [0.717, 1.165) is 12.3 Å². The van der Waals surface area contributed by atoms with E-state index in [2.05, 4.69) is 27.4 Å². The molecule has 2 N–H and O–H groups in total. The normalized spacial score (nSPS) is 31.4. The van der Waals surface area contributed by atoms with Crippen LogP contribution in [0, 0.1) is 17.3 Å². The van der Waals surface area contributed by atoms with E-state index >= 15 is 0 Å². The maximum Gasteiger partial charge on any atom is 0.00747 e. The van der Waals surface area contributed by atoms with Crippen LogP contribution in [0.2, 0.25) is 0 Å². The van der Waals surface area contributed by atoms with Crippen molar-refractivity contribution in [2.75, 3.05) is 0 Å². The van der Waals surface area contributed by atoms with Gasteiger partial charge in [-0.1, -0.05) is 33.3 Å². The Morgan fingerprint density at radius 3 is 2.62 bits per heavy atom. The number of rotatable bonds is 5. The first kappa shape index (κ1) is 13.8. The van der Waals surface area contributed by atoms with E-state index in [1.807, 2.05) is 6.08 Å². The first-order chi connectivity index (χ1) is 7.47. The maximum atomic E-state index is 6.34. The van der Waals surface area contributed by atoms with Gasteiger partial charge >= 0.3 is 0 Å². The van der Waals surface area contributed by atoms with Gasteiger partial charge in [0.25, 0.3) is 0 Å².